The summed E-state index contributed by atoms with van der Waals surface area (Å²) in [6.07, 6.45) is 0. The molecule has 0 bridgehead atoms. The van der Waals surface area contributed by atoms with E-state index in [0.717, 1.165) is 18.0 Å². The predicted octanol–water partition coefficient (Wildman–Crippen LogP) is 1.42. The van der Waals surface area contributed by atoms with E-state index < -0.39 is 0 Å². The Hall–Kier alpha value is -0.890. The summed E-state index contributed by atoms with van der Waals surface area (Å²) in [5, 5.41) is 0. The zero-order chi connectivity index (χ0) is 6.97. The van der Waals surface area contributed by atoms with Gasteiger partial charge in [0.1, 0.15) is 0 Å². The summed E-state index contributed by atoms with van der Waals surface area (Å²) in [5.41, 5.74) is 3.43. The largest absolute Gasteiger partial charge is 0.370 e. The number of pyridine rings is 1. The van der Waals surface area contributed by atoms with E-state index >= 15 is 0 Å². The second kappa shape index (κ2) is 2.06. The molecule has 0 aliphatic carbocycles. The van der Waals surface area contributed by atoms with Gasteiger partial charge in [-0.15, -0.1) is 0 Å². The van der Waals surface area contributed by atoms with Crippen molar-refractivity contribution in [2.75, 3.05) is 0 Å². The van der Waals surface area contributed by atoms with Gasteiger partial charge in [0.2, 0.25) is 0 Å². The average molecular weight is 135 g/mol. The van der Waals surface area contributed by atoms with Crippen LogP contribution in [0.15, 0.2) is 12.1 Å². The van der Waals surface area contributed by atoms with E-state index in [-0.39, 0.29) is 0 Å². The molecule has 0 N–H and O–H groups in total. The van der Waals surface area contributed by atoms with Gasteiger partial charge in [-0.25, -0.2) is 0 Å². The van der Waals surface area contributed by atoms with Gasteiger partial charge in [-0.1, -0.05) is 6.07 Å². The molecule has 2 rings (SSSR count). The van der Waals surface area contributed by atoms with Gasteiger partial charge in [0, 0.05) is 11.3 Å². The smallest absolute Gasteiger partial charge is 0.0896 e. The van der Waals surface area contributed by atoms with Gasteiger partial charge in [0.25, 0.3) is 0 Å². The van der Waals surface area contributed by atoms with Crippen molar-refractivity contribution in [1.82, 2.24) is 4.98 Å². The highest BCUT2D eigenvalue weighted by Gasteiger charge is 2.10. The molecule has 2 heterocycles. The molecule has 52 valence electrons. The summed E-state index contributed by atoms with van der Waals surface area (Å²) in [5.74, 6) is 0. The second-order valence-corrected chi connectivity index (χ2v) is 2.55. The number of ether oxygens (including phenoxy) is 1. The molecule has 2 heteroatoms. The Morgan fingerprint density at radius 1 is 1.40 bits per heavy atom. The number of hydrogen-bond acceptors (Lipinski definition) is 2. The molecule has 1 aliphatic rings. The Kier molecular flexibility index (Phi) is 1.21. The van der Waals surface area contributed by atoms with E-state index in [1.807, 2.05) is 13.0 Å². The molecule has 1 aromatic rings. The minimum Gasteiger partial charge on any atom is -0.370 e. The van der Waals surface area contributed by atoms with Gasteiger partial charge in [-0.3, -0.25) is 4.98 Å². The average Bonchev–Trinajstić information content (AvgIpc) is 2.33. The van der Waals surface area contributed by atoms with Crippen molar-refractivity contribution in [3.05, 3.63) is 29.1 Å². The van der Waals surface area contributed by atoms with Crippen LogP contribution < -0.4 is 0 Å². The zero-order valence-corrected chi connectivity index (χ0v) is 5.92. The molecule has 0 unspecified atom stereocenters. The first-order chi connectivity index (χ1) is 4.86. The minimum absolute atomic E-state index is 0.691. The molecular weight excluding hydrogens is 126 g/mol. The Balaban J connectivity index is 2.52. The van der Waals surface area contributed by atoms with E-state index in [2.05, 4.69) is 11.1 Å². The second-order valence-electron chi connectivity index (χ2n) is 2.55. The number of aromatic nitrogens is 1. The summed E-state index contributed by atoms with van der Waals surface area (Å²) in [7, 11) is 0. The van der Waals surface area contributed by atoms with Gasteiger partial charge in [-0.2, -0.15) is 0 Å². The monoisotopic (exact) mass is 135 g/mol. The molecule has 2 nitrogen and oxygen atoms in total. The van der Waals surface area contributed by atoms with Crippen molar-refractivity contribution < 1.29 is 4.74 Å². The highest BCUT2D eigenvalue weighted by molar-refractivity contribution is 5.23. The van der Waals surface area contributed by atoms with E-state index in [0.29, 0.717) is 6.61 Å². The highest BCUT2D eigenvalue weighted by Crippen LogP contribution is 2.16. The van der Waals surface area contributed by atoms with E-state index in [1.165, 1.54) is 5.56 Å². The third-order valence-corrected chi connectivity index (χ3v) is 1.70. The first-order valence-electron chi connectivity index (χ1n) is 3.39. The number of aryl methyl sites for hydroxylation is 1. The summed E-state index contributed by atoms with van der Waals surface area (Å²) < 4.78 is 5.21. The van der Waals surface area contributed by atoms with Crippen molar-refractivity contribution in [1.29, 1.82) is 0 Å². The molecule has 0 saturated heterocycles. The lowest BCUT2D eigenvalue weighted by molar-refractivity contribution is 0.133. The molecule has 0 saturated carbocycles. The van der Waals surface area contributed by atoms with Gasteiger partial charge < -0.3 is 4.74 Å². The Bertz CT molecular complexity index is 257. The predicted molar refractivity (Wildman–Crippen MR) is 37.5 cm³/mol. The van der Waals surface area contributed by atoms with E-state index in [9.17, 15) is 0 Å². The molecule has 0 aromatic carbocycles. The van der Waals surface area contributed by atoms with Gasteiger partial charge in [0.15, 0.2) is 0 Å². The molecule has 0 spiro atoms. The first kappa shape index (κ1) is 5.86. The van der Waals surface area contributed by atoms with Crippen molar-refractivity contribution in [2.45, 2.75) is 20.1 Å². The van der Waals surface area contributed by atoms with Crippen LogP contribution in [0.4, 0.5) is 0 Å². The number of rotatable bonds is 0. The minimum atomic E-state index is 0.691. The highest BCUT2D eigenvalue weighted by atomic mass is 16.5. The van der Waals surface area contributed by atoms with Crippen LogP contribution in [-0.2, 0) is 18.0 Å². The molecule has 10 heavy (non-hydrogen) atoms. The van der Waals surface area contributed by atoms with Crippen molar-refractivity contribution >= 4 is 0 Å². The van der Waals surface area contributed by atoms with Gasteiger partial charge >= 0.3 is 0 Å². The number of fused-ring (bicyclic) bond motifs is 1. The molecular formula is C8H9NO. The fraction of sp³-hybridized carbons (Fsp3) is 0.375. The fourth-order valence-electron chi connectivity index (χ4n) is 1.15. The van der Waals surface area contributed by atoms with Crippen LogP contribution in [0.3, 0.4) is 0 Å². The van der Waals surface area contributed by atoms with Crippen LogP contribution in [0.2, 0.25) is 0 Å². The summed E-state index contributed by atoms with van der Waals surface area (Å²) >= 11 is 0. The van der Waals surface area contributed by atoms with Gasteiger partial charge in [0.05, 0.1) is 18.9 Å². The topological polar surface area (TPSA) is 22.1 Å². The molecule has 0 fully saturated rings. The van der Waals surface area contributed by atoms with E-state index in [4.69, 9.17) is 4.74 Å². The quantitative estimate of drug-likeness (QED) is 0.536. The fourth-order valence-corrected chi connectivity index (χ4v) is 1.15. The third-order valence-electron chi connectivity index (χ3n) is 1.70. The Morgan fingerprint density at radius 2 is 2.30 bits per heavy atom. The maximum absolute atomic E-state index is 5.21. The zero-order valence-electron chi connectivity index (χ0n) is 5.92. The van der Waals surface area contributed by atoms with Crippen LogP contribution in [0.5, 0.6) is 0 Å². The molecule has 1 aliphatic heterocycles. The first-order valence-corrected chi connectivity index (χ1v) is 3.39. The van der Waals surface area contributed by atoms with Crippen LogP contribution in [0.1, 0.15) is 17.0 Å². The number of hydrogen-bond donors (Lipinski definition) is 0. The molecule has 0 amide bonds. The maximum Gasteiger partial charge on any atom is 0.0896 e. The van der Waals surface area contributed by atoms with Crippen molar-refractivity contribution in [2.24, 2.45) is 0 Å². The van der Waals surface area contributed by atoms with Crippen molar-refractivity contribution in [3.63, 3.8) is 0 Å². The van der Waals surface area contributed by atoms with Gasteiger partial charge in [-0.05, 0) is 13.0 Å². The van der Waals surface area contributed by atoms with Crippen LogP contribution in [-0.4, -0.2) is 4.98 Å². The Labute approximate surface area is 59.9 Å². The van der Waals surface area contributed by atoms with E-state index in [1.54, 1.807) is 0 Å². The van der Waals surface area contributed by atoms with Crippen LogP contribution in [0.25, 0.3) is 0 Å². The normalized spacial score (nSPS) is 15.3. The molecule has 0 radical (unpaired) electrons. The van der Waals surface area contributed by atoms with Crippen LogP contribution >= 0.6 is 0 Å². The number of nitrogens with zero attached hydrogens (tertiary/aromatic N) is 1. The Morgan fingerprint density at radius 3 is 3.20 bits per heavy atom. The lowest BCUT2D eigenvalue weighted by Crippen LogP contribution is -1.89. The summed E-state index contributed by atoms with van der Waals surface area (Å²) in [4.78, 5) is 4.33. The summed E-state index contributed by atoms with van der Waals surface area (Å²) in [6, 6.07) is 4.11. The van der Waals surface area contributed by atoms with Crippen LogP contribution in [0, 0.1) is 6.92 Å². The SMILES string of the molecule is Cc1ccc2c(n1)COC2. The lowest BCUT2D eigenvalue weighted by atomic mass is 10.2. The third kappa shape index (κ3) is 0.809. The maximum atomic E-state index is 5.21. The molecule has 0 atom stereocenters. The van der Waals surface area contributed by atoms with Crippen molar-refractivity contribution in [3.8, 4) is 0 Å². The standard InChI is InChI=1S/C8H9NO/c1-6-2-3-7-4-10-5-8(7)9-6/h2-3H,4-5H2,1H3. The lowest BCUT2D eigenvalue weighted by Gasteiger charge is -1.95. The molecule has 1 aromatic heterocycles. The summed E-state index contributed by atoms with van der Waals surface area (Å²) in [6.45, 7) is 3.43.